The maximum absolute atomic E-state index is 13.3. The van der Waals surface area contributed by atoms with Crippen LogP contribution in [0.2, 0.25) is 0 Å². The number of hydrogen-bond donors (Lipinski definition) is 1. The molecule has 0 radical (unpaired) electrons. The first kappa shape index (κ1) is 30.4. The summed E-state index contributed by atoms with van der Waals surface area (Å²) in [7, 11) is 0. The van der Waals surface area contributed by atoms with E-state index in [0.717, 1.165) is 49.7 Å². The molecule has 1 aliphatic heterocycles. The second kappa shape index (κ2) is 13.1. The molecule has 14 heteroatoms. The molecule has 43 heavy (non-hydrogen) atoms. The van der Waals surface area contributed by atoms with Crippen LogP contribution in [0, 0.1) is 10.1 Å². The average molecular weight is 607 g/mol. The third-order valence-corrected chi connectivity index (χ3v) is 7.74. The predicted octanol–water partition coefficient (Wildman–Crippen LogP) is 6.47. The van der Waals surface area contributed by atoms with Gasteiger partial charge in [0.25, 0.3) is 12.1 Å². The van der Waals surface area contributed by atoms with E-state index in [1.54, 1.807) is 18.3 Å². The van der Waals surface area contributed by atoms with E-state index in [1.807, 2.05) is 6.07 Å². The SMILES string of the molecule is O=[N+]([O-])c1ccc(NC2CCC(Oc3ccnc(N4CCN(Cc5ccc(C(F)F)nc5)CC4)c3)CC2)cc1C(F)(F)F. The fraction of sp³-hybridized carbons (Fsp3) is 0.448. The smallest absolute Gasteiger partial charge is 0.423 e. The molecule has 1 aliphatic carbocycles. The van der Waals surface area contributed by atoms with Gasteiger partial charge in [-0.05, 0) is 55.5 Å². The number of benzene rings is 1. The molecule has 3 aromatic rings. The number of rotatable bonds is 9. The Morgan fingerprint density at radius 2 is 1.74 bits per heavy atom. The Labute approximate surface area is 244 Å². The van der Waals surface area contributed by atoms with Gasteiger partial charge in [0.2, 0.25) is 0 Å². The molecule has 2 fully saturated rings. The molecule has 1 aromatic carbocycles. The average Bonchev–Trinajstić information content (AvgIpc) is 2.98. The highest BCUT2D eigenvalue weighted by Gasteiger charge is 2.38. The third kappa shape index (κ3) is 7.86. The van der Waals surface area contributed by atoms with Gasteiger partial charge in [0.1, 0.15) is 22.8 Å². The minimum Gasteiger partial charge on any atom is -0.490 e. The minimum absolute atomic E-state index is 0.0576. The molecule has 0 spiro atoms. The summed E-state index contributed by atoms with van der Waals surface area (Å²) in [5, 5.41) is 14.1. The standard InChI is InChI=1S/C29H31F5N6O3/c30-28(31)25-7-1-19(17-36-25)18-38-11-13-39(14-12-38)27-16-23(9-10-35-27)43-22-5-2-20(3-6-22)37-21-4-8-26(40(41)42)24(15-21)29(32,33)34/h1,4,7-10,15-17,20,22,28,37H,2-3,5-6,11-14,18H2. The van der Waals surface area contributed by atoms with Crippen LogP contribution >= 0.6 is 0 Å². The number of aromatic nitrogens is 2. The quantitative estimate of drug-likeness (QED) is 0.168. The Morgan fingerprint density at radius 3 is 2.37 bits per heavy atom. The highest BCUT2D eigenvalue weighted by atomic mass is 19.4. The molecule has 2 aromatic heterocycles. The molecule has 1 saturated heterocycles. The van der Waals surface area contributed by atoms with Crippen LogP contribution in [0.25, 0.3) is 0 Å². The van der Waals surface area contributed by atoms with Crippen molar-refractivity contribution in [2.75, 3.05) is 36.4 Å². The largest absolute Gasteiger partial charge is 0.490 e. The minimum atomic E-state index is -4.83. The van der Waals surface area contributed by atoms with Gasteiger partial charge in [0, 0.05) is 69.0 Å². The van der Waals surface area contributed by atoms with Gasteiger partial charge in [-0.2, -0.15) is 13.2 Å². The van der Waals surface area contributed by atoms with Gasteiger partial charge < -0.3 is 15.0 Å². The molecule has 0 bridgehead atoms. The summed E-state index contributed by atoms with van der Waals surface area (Å²) in [6.45, 7) is 3.67. The van der Waals surface area contributed by atoms with Crippen molar-refractivity contribution in [1.82, 2.24) is 14.9 Å². The van der Waals surface area contributed by atoms with Crippen molar-refractivity contribution in [3.8, 4) is 5.75 Å². The van der Waals surface area contributed by atoms with Crippen LogP contribution < -0.4 is 15.0 Å². The zero-order chi connectivity index (χ0) is 30.6. The third-order valence-electron chi connectivity index (χ3n) is 7.74. The van der Waals surface area contributed by atoms with Gasteiger partial charge in [0.05, 0.1) is 11.0 Å². The molecule has 1 saturated carbocycles. The second-order valence-corrected chi connectivity index (χ2v) is 10.7. The van der Waals surface area contributed by atoms with Gasteiger partial charge in [-0.1, -0.05) is 6.07 Å². The summed E-state index contributed by atoms with van der Waals surface area (Å²) in [6, 6.07) is 9.66. The summed E-state index contributed by atoms with van der Waals surface area (Å²) in [5.41, 5.74) is -1.38. The molecule has 0 unspecified atom stereocenters. The molecular formula is C29H31F5N6O3. The zero-order valence-electron chi connectivity index (χ0n) is 23.1. The van der Waals surface area contributed by atoms with Crippen molar-refractivity contribution >= 4 is 17.2 Å². The molecule has 3 heterocycles. The van der Waals surface area contributed by atoms with Gasteiger partial charge in [-0.15, -0.1) is 0 Å². The lowest BCUT2D eigenvalue weighted by Crippen LogP contribution is -2.46. The van der Waals surface area contributed by atoms with Crippen LogP contribution in [0.3, 0.4) is 0 Å². The van der Waals surface area contributed by atoms with Crippen LogP contribution in [0.4, 0.5) is 39.1 Å². The number of halogens is 5. The first-order chi connectivity index (χ1) is 20.5. The Hall–Kier alpha value is -4.07. The molecule has 9 nitrogen and oxygen atoms in total. The summed E-state index contributed by atoms with van der Waals surface area (Å²) < 4.78 is 71.7. The van der Waals surface area contributed by atoms with E-state index in [1.165, 1.54) is 18.3 Å². The lowest BCUT2D eigenvalue weighted by Gasteiger charge is -2.35. The first-order valence-corrected chi connectivity index (χ1v) is 14.0. The predicted molar refractivity (Wildman–Crippen MR) is 149 cm³/mol. The summed E-state index contributed by atoms with van der Waals surface area (Å²) in [6.07, 6.45) is -1.53. The van der Waals surface area contributed by atoms with Crippen molar-refractivity contribution in [2.24, 2.45) is 0 Å². The number of nitro groups is 1. The van der Waals surface area contributed by atoms with Crippen LogP contribution in [0.15, 0.2) is 54.9 Å². The molecule has 0 atom stereocenters. The lowest BCUT2D eigenvalue weighted by atomic mass is 9.92. The first-order valence-electron chi connectivity index (χ1n) is 14.0. The maximum atomic E-state index is 13.3. The van der Waals surface area contributed by atoms with E-state index in [4.69, 9.17) is 4.74 Å². The second-order valence-electron chi connectivity index (χ2n) is 10.7. The number of anilines is 2. The number of nitrogens with one attached hydrogen (secondary N) is 1. The number of alkyl halides is 5. The van der Waals surface area contributed by atoms with E-state index in [-0.39, 0.29) is 23.5 Å². The van der Waals surface area contributed by atoms with Crippen LogP contribution in [-0.2, 0) is 12.7 Å². The topological polar surface area (TPSA) is 96.7 Å². The summed E-state index contributed by atoms with van der Waals surface area (Å²) in [4.78, 5) is 22.7. The number of nitro benzene ring substituents is 1. The lowest BCUT2D eigenvalue weighted by molar-refractivity contribution is -0.388. The van der Waals surface area contributed by atoms with Crippen LogP contribution in [0.1, 0.15) is 48.9 Å². The number of piperazine rings is 1. The highest BCUT2D eigenvalue weighted by molar-refractivity contribution is 5.55. The number of hydrogen-bond acceptors (Lipinski definition) is 8. The van der Waals surface area contributed by atoms with E-state index in [2.05, 4.69) is 25.1 Å². The van der Waals surface area contributed by atoms with E-state index < -0.39 is 28.8 Å². The Kier molecular flexibility index (Phi) is 9.23. The fourth-order valence-electron chi connectivity index (χ4n) is 5.46. The Balaban J connectivity index is 1.09. The van der Waals surface area contributed by atoms with Gasteiger partial charge >= 0.3 is 6.18 Å². The van der Waals surface area contributed by atoms with Gasteiger partial charge in [0.15, 0.2) is 0 Å². The molecule has 5 rings (SSSR count). The summed E-state index contributed by atoms with van der Waals surface area (Å²) in [5.74, 6) is 1.49. The molecule has 1 N–H and O–H groups in total. The Morgan fingerprint density at radius 1 is 1.00 bits per heavy atom. The normalized spacial score (nSPS) is 19.8. The van der Waals surface area contributed by atoms with Gasteiger partial charge in [-0.25, -0.2) is 13.8 Å². The zero-order valence-corrected chi connectivity index (χ0v) is 23.1. The molecule has 230 valence electrons. The van der Waals surface area contributed by atoms with Crippen molar-refractivity contribution in [2.45, 2.75) is 57.0 Å². The monoisotopic (exact) mass is 606 g/mol. The van der Waals surface area contributed by atoms with Crippen molar-refractivity contribution in [3.05, 3.63) is 81.8 Å². The molecule has 0 amide bonds. The van der Waals surface area contributed by atoms with Crippen molar-refractivity contribution in [3.63, 3.8) is 0 Å². The fourth-order valence-corrected chi connectivity index (χ4v) is 5.46. The highest BCUT2D eigenvalue weighted by Crippen LogP contribution is 2.38. The van der Waals surface area contributed by atoms with Crippen LogP contribution in [0.5, 0.6) is 5.75 Å². The number of nitrogens with zero attached hydrogens (tertiary/aromatic N) is 5. The van der Waals surface area contributed by atoms with Gasteiger partial charge in [-0.3, -0.25) is 20.0 Å². The summed E-state index contributed by atoms with van der Waals surface area (Å²) >= 11 is 0. The van der Waals surface area contributed by atoms with E-state index >= 15 is 0 Å². The molecular weight excluding hydrogens is 575 g/mol. The van der Waals surface area contributed by atoms with E-state index in [9.17, 15) is 32.1 Å². The van der Waals surface area contributed by atoms with Crippen molar-refractivity contribution in [1.29, 1.82) is 0 Å². The van der Waals surface area contributed by atoms with Crippen molar-refractivity contribution < 1.29 is 31.6 Å². The Bertz CT molecular complexity index is 1390. The maximum Gasteiger partial charge on any atom is 0.423 e. The number of ether oxygens (including phenoxy) is 1. The van der Waals surface area contributed by atoms with E-state index in [0.29, 0.717) is 38.0 Å². The number of pyridine rings is 2. The molecule has 2 aliphatic rings. The van der Waals surface area contributed by atoms with Crippen LogP contribution in [-0.4, -0.2) is 58.1 Å².